The van der Waals surface area contributed by atoms with Crippen LogP contribution in [0.2, 0.25) is 0 Å². The van der Waals surface area contributed by atoms with Crippen molar-refractivity contribution in [3.8, 4) is 0 Å². The molecule has 0 saturated carbocycles. The molecule has 2 unspecified atom stereocenters. The number of likely N-dealkylation sites (tertiary alicyclic amines) is 1. The van der Waals surface area contributed by atoms with Gasteiger partial charge in [-0.15, -0.1) is 0 Å². The fraction of sp³-hybridized carbons (Fsp3) is 0.857. The predicted octanol–water partition coefficient (Wildman–Crippen LogP) is 1.13. The molecule has 2 atom stereocenters. The van der Waals surface area contributed by atoms with Crippen LogP contribution >= 0.6 is 0 Å². The van der Waals surface area contributed by atoms with E-state index in [0.717, 1.165) is 19.4 Å². The number of nitrogens with zero attached hydrogens (tertiary/aromatic N) is 1. The second-order valence-corrected chi connectivity index (χ2v) is 6.60. The van der Waals surface area contributed by atoms with Crippen molar-refractivity contribution in [1.29, 1.82) is 0 Å². The van der Waals surface area contributed by atoms with E-state index in [0.29, 0.717) is 19.0 Å². The molecule has 1 aliphatic rings. The molecule has 20 heavy (non-hydrogen) atoms. The van der Waals surface area contributed by atoms with Crippen LogP contribution in [0.4, 0.5) is 4.79 Å². The number of carboxylic acids is 1. The van der Waals surface area contributed by atoms with Crippen LogP contribution in [0.1, 0.15) is 33.6 Å². The Morgan fingerprint density at radius 1 is 1.40 bits per heavy atom. The van der Waals surface area contributed by atoms with E-state index in [1.54, 1.807) is 4.90 Å². The third kappa shape index (κ3) is 4.67. The lowest BCUT2D eigenvalue weighted by molar-refractivity contribution is -0.142. The topological polar surface area (TPSA) is 81.7 Å². The summed E-state index contributed by atoms with van der Waals surface area (Å²) in [5.41, 5.74) is -0.512. The maximum atomic E-state index is 12.2. The minimum Gasteiger partial charge on any atom is -0.480 e. The van der Waals surface area contributed by atoms with Crippen molar-refractivity contribution >= 4 is 12.0 Å². The van der Waals surface area contributed by atoms with Gasteiger partial charge in [-0.3, -0.25) is 0 Å². The number of hydrogen-bond donors (Lipinski definition) is 3. The molecular weight excluding hydrogens is 258 g/mol. The monoisotopic (exact) mass is 285 g/mol. The molecule has 6 nitrogen and oxygen atoms in total. The molecule has 0 bridgehead atoms. The zero-order chi connectivity index (χ0) is 15.3. The van der Waals surface area contributed by atoms with Crippen LogP contribution in [-0.4, -0.2) is 54.7 Å². The summed E-state index contributed by atoms with van der Waals surface area (Å²) in [5.74, 6) is -0.549. The fourth-order valence-electron chi connectivity index (χ4n) is 2.57. The Hall–Kier alpha value is -1.30. The standard InChI is InChI=1S/C14H27N3O3/c1-14(2,3)11(12(18)19)16-13(20)17-7-5-6-10(9-17)8-15-4/h10-11,15H,5-9H2,1-4H3,(H,16,20)(H,18,19). The fourth-order valence-corrected chi connectivity index (χ4v) is 2.57. The Morgan fingerprint density at radius 2 is 2.05 bits per heavy atom. The van der Waals surface area contributed by atoms with Crippen LogP contribution in [0, 0.1) is 11.3 Å². The summed E-state index contributed by atoms with van der Waals surface area (Å²) in [6, 6.07) is -1.15. The predicted molar refractivity (Wildman–Crippen MR) is 77.6 cm³/mol. The minimum absolute atomic E-state index is 0.270. The first-order chi connectivity index (χ1) is 9.25. The minimum atomic E-state index is -0.991. The number of rotatable bonds is 4. The van der Waals surface area contributed by atoms with E-state index in [2.05, 4.69) is 10.6 Å². The molecule has 116 valence electrons. The van der Waals surface area contributed by atoms with Crippen molar-refractivity contribution in [3.63, 3.8) is 0 Å². The highest BCUT2D eigenvalue weighted by Crippen LogP contribution is 2.21. The van der Waals surface area contributed by atoms with Crippen molar-refractivity contribution in [2.45, 2.75) is 39.7 Å². The van der Waals surface area contributed by atoms with Gasteiger partial charge in [0.25, 0.3) is 0 Å². The van der Waals surface area contributed by atoms with Crippen molar-refractivity contribution in [2.75, 3.05) is 26.7 Å². The molecule has 0 radical (unpaired) electrons. The molecule has 1 heterocycles. The third-order valence-corrected chi connectivity index (χ3v) is 3.68. The molecule has 1 aliphatic heterocycles. The van der Waals surface area contributed by atoms with E-state index in [-0.39, 0.29) is 6.03 Å². The molecule has 6 heteroatoms. The summed E-state index contributed by atoms with van der Waals surface area (Å²) in [6.07, 6.45) is 2.07. The van der Waals surface area contributed by atoms with Gasteiger partial charge in [0, 0.05) is 13.1 Å². The number of aliphatic carboxylic acids is 1. The van der Waals surface area contributed by atoms with Gasteiger partial charge in [0.05, 0.1) is 0 Å². The molecule has 0 aliphatic carbocycles. The van der Waals surface area contributed by atoms with Crippen LogP contribution < -0.4 is 10.6 Å². The van der Waals surface area contributed by atoms with Gasteiger partial charge >= 0.3 is 12.0 Å². The Bertz CT molecular complexity index is 350. The molecule has 3 N–H and O–H groups in total. The molecule has 1 saturated heterocycles. The molecular formula is C14H27N3O3. The van der Waals surface area contributed by atoms with E-state index >= 15 is 0 Å². The Balaban J connectivity index is 2.62. The molecule has 0 aromatic heterocycles. The highest BCUT2D eigenvalue weighted by molar-refractivity contribution is 5.83. The van der Waals surface area contributed by atoms with E-state index in [4.69, 9.17) is 0 Å². The normalized spacial score (nSPS) is 21.4. The summed E-state index contributed by atoms with van der Waals surface area (Å²) in [6.45, 7) is 7.70. The van der Waals surface area contributed by atoms with Crippen LogP contribution in [0.3, 0.4) is 0 Å². The lowest BCUT2D eigenvalue weighted by Crippen LogP contribution is -2.55. The highest BCUT2D eigenvalue weighted by atomic mass is 16.4. The average Bonchev–Trinajstić information content (AvgIpc) is 2.34. The molecule has 1 rings (SSSR count). The Labute approximate surface area is 120 Å². The zero-order valence-electron chi connectivity index (χ0n) is 12.9. The van der Waals surface area contributed by atoms with Crippen LogP contribution in [0.5, 0.6) is 0 Å². The Kier molecular flexibility index (Phi) is 5.80. The van der Waals surface area contributed by atoms with Gasteiger partial charge in [0.1, 0.15) is 6.04 Å². The van der Waals surface area contributed by atoms with Crippen molar-refractivity contribution in [2.24, 2.45) is 11.3 Å². The summed E-state index contributed by atoms with van der Waals surface area (Å²) < 4.78 is 0. The number of carbonyl (C=O) groups excluding carboxylic acids is 1. The molecule has 0 aromatic carbocycles. The highest BCUT2D eigenvalue weighted by Gasteiger charge is 2.34. The van der Waals surface area contributed by atoms with Crippen LogP contribution in [-0.2, 0) is 4.79 Å². The summed E-state index contributed by atoms with van der Waals surface area (Å²) >= 11 is 0. The second kappa shape index (κ2) is 6.92. The zero-order valence-corrected chi connectivity index (χ0v) is 12.9. The van der Waals surface area contributed by atoms with Gasteiger partial charge in [0.2, 0.25) is 0 Å². The van der Waals surface area contributed by atoms with Crippen molar-refractivity contribution in [3.05, 3.63) is 0 Å². The van der Waals surface area contributed by atoms with Gasteiger partial charge in [-0.25, -0.2) is 9.59 Å². The first-order valence-electron chi connectivity index (χ1n) is 7.18. The van der Waals surface area contributed by atoms with Crippen LogP contribution in [0.25, 0.3) is 0 Å². The van der Waals surface area contributed by atoms with Gasteiger partial charge in [0.15, 0.2) is 0 Å². The number of nitrogens with one attached hydrogen (secondary N) is 2. The van der Waals surface area contributed by atoms with E-state index in [1.165, 1.54) is 0 Å². The van der Waals surface area contributed by atoms with Crippen molar-refractivity contribution < 1.29 is 14.7 Å². The number of urea groups is 1. The maximum absolute atomic E-state index is 12.2. The summed E-state index contributed by atoms with van der Waals surface area (Å²) in [4.78, 5) is 25.3. The van der Waals surface area contributed by atoms with Gasteiger partial charge in [-0.2, -0.15) is 0 Å². The third-order valence-electron chi connectivity index (χ3n) is 3.68. The smallest absolute Gasteiger partial charge is 0.326 e. The van der Waals surface area contributed by atoms with Crippen molar-refractivity contribution in [1.82, 2.24) is 15.5 Å². The average molecular weight is 285 g/mol. The summed E-state index contributed by atoms with van der Waals surface area (Å²) in [5, 5.41) is 15.0. The van der Waals surface area contributed by atoms with Gasteiger partial charge in [-0.1, -0.05) is 20.8 Å². The largest absolute Gasteiger partial charge is 0.480 e. The molecule has 2 amide bonds. The number of carbonyl (C=O) groups is 2. The van der Waals surface area contributed by atoms with E-state index in [9.17, 15) is 14.7 Å². The molecule has 0 aromatic rings. The molecule has 1 fully saturated rings. The van der Waals surface area contributed by atoms with E-state index in [1.807, 2.05) is 27.8 Å². The molecule has 0 spiro atoms. The van der Waals surface area contributed by atoms with Crippen LogP contribution in [0.15, 0.2) is 0 Å². The first kappa shape index (κ1) is 16.8. The SMILES string of the molecule is CNCC1CCCN(C(=O)NC(C(=O)O)C(C)(C)C)C1. The second-order valence-electron chi connectivity index (χ2n) is 6.60. The number of piperidine rings is 1. The lowest BCUT2D eigenvalue weighted by atomic mass is 9.87. The Morgan fingerprint density at radius 3 is 2.55 bits per heavy atom. The maximum Gasteiger partial charge on any atom is 0.326 e. The number of hydrogen-bond acceptors (Lipinski definition) is 3. The summed E-state index contributed by atoms with van der Waals surface area (Å²) in [7, 11) is 1.90. The first-order valence-corrected chi connectivity index (χ1v) is 7.18. The quantitative estimate of drug-likeness (QED) is 0.723. The number of carboxylic acid groups (broad SMARTS) is 1. The van der Waals surface area contributed by atoms with E-state index < -0.39 is 17.4 Å². The van der Waals surface area contributed by atoms with Gasteiger partial charge in [-0.05, 0) is 37.8 Å². The number of amides is 2. The van der Waals surface area contributed by atoms with Gasteiger partial charge < -0.3 is 20.6 Å². The lowest BCUT2D eigenvalue weighted by Gasteiger charge is -2.35.